The number of para-hydroxylation sites is 1. The predicted octanol–water partition coefficient (Wildman–Crippen LogP) is 1.78. The van der Waals surface area contributed by atoms with E-state index in [1.54, 1.807) is 0 Å². The molecule has 1 atom stereocenters. The van der Waals surface area contributed by atoms with Crippen LogP contribution in [0.4, 0.5) is 0 Å². The number of fused-ring (bicyclic) bond motifs is 1. The molecule has 5 heteroatoms. The number of ether oxygens (including phenoxy) is 1. The monoisotopic (exact) mass is 302 g/mol. The minimum atomic E-state index is -0.191. The van der Waals surface area contributed by atoms with Gasteiger partial charge in [0, 0.05) is 25.5 Å². The van der Waals surface area contributed by atoms with Gasteiger partial charge in [0.1, 0.15) is 0 Å². The molecule has 1 aromatic heterocycles. The Balaban J connectivity index is 1.76. The van der Waals surface area contributed by atoms with Crippen LogP contribution in [0.3, 0.4) is 0 Å². The summed E-state index contributed by atoms with van der Waals surface area (Å²) in [4.78, 5) is 0. The smallest absolute Gasteiger partial charge is 0.0898 e. The second-order valence-corrected chi connectivity index (χ2v) is 6.53. The maximum Gasteiger partial charge on any atom is 0.0898 e. The fourth-order valence-electron chi connectivity index (χ4n) is 3.06. The van der Waals surface area contributed by atoms with E-state index in [2.05, 4.69) is 48.7 Å². The topological polar surface area (TPSA) is 51.1 Å². The third kappa shape index (κ3) is 3.16. The van der Waals surface area contributed by atoms with E-state index in [9.17, 15) is 0 Å². The van der Waals surface area contributed by atoms with E-state index in [0.717, 1.165) is 38.4 Å². The molecule has 1 saturated heterocycles. The summed E-state index contributed by atoms with van der Waals surface area (Å²) in [6.45, 7) is 8.00. The van der Waals surface area contributed by atoms with Crippen LogP contribution >= 0.6 is 0 Å². The highest BCUT2D eigenvalue weighted by molar-refractivity contribution is 5.82. The molecule has 2 N–H and O–H groups in total. The molecule has 0 amide bonds. The van der Waals surface area contributed by atoms with Crippen LogP contribution in [0.25, 0.3) is 10.9 Å². The van der Waals surface area contributed by atoms with Gasteiger partial charge in [-0.2, -0.15) is 5.10 Å². The summed E-state index contributed by atoms with van der Waals surface area (Å²) in [5.74, 6) is 0. The number of aromatic nitrogens is 2. The summed E-state index contributed by atoms with van der Waals surface area (Å²) in [6.07, 6.45) is 1.32. The lowest BCUT2D eigenvalue weighted by atomic mass is 9.97. The third-order valence-electron chi connectivity index (χ3n) is 4.40. The number of hydrogen-bond donors (Lipinski definition) is 2. The molecule has 2 aromatic rings. The van der Waals surface area contributed by atoms with Crippen molar-refractivity contribution < 1.29 is 4.74 Å². The first-order valence-electron chi connectivity index (χ1n) is 8.07. The SMILES string of the molecule is Cn1nc(C(C)(C)NCC2CCNCCO2)c2ccccc21. The van der Waals surface area contributed by atoms with E-state index in [-0.39, 0.29) is 11.6 Å². The van der Waals surface area contributed by atoms with Gasteiger partial charge in [-0.3, -0.25) is 4.68 Å². The van der Waals surface area contributed by atoms with Crippen LogP contribution in [0, 0.1) is 0 Å². The standard InChI is InChI=1S/C17H26N4O/c1-17(2,19-12-13-8-9-18-10-11-22-13)16-14-6-4-5-7-15(14)21(3)20-16/h4-7,13,18-19H,8-12H2,1-3H3. The molecule has 0 radical (unpaired) electrons. The van der Waals surface area contributed by atoms with Gasteiger partial charge in [-0.05, 0) is 32.9 Å². The minimum Gasteiger partial charge on any atom is -0.376 e. The Morgan fingerprint density at radius 1 is 1.36 bits per heavy atom. The summed E-state index contributed by atoms with van der Waals surface area (Å²) in [5, 5.41) is 13.0. The van der Waals surface area contributed by atoms with Crippen LogP contribution in [0.2, 0.25) is 0 Å². The average molecular weight is 302 g/mol. The molecule has 0 aliphatic carbocycles. The second-order valence-electron chi connectivity index (χ2n) is 6.53. The van der Waals surface area contributed by atoms with Gasteiger partial charge < -0.3 is 15.4 Å². The largest absolute Gasteiger partial charge is 0.376 e. The van der Waals surface area contributed by atoms with Crippen LogP contribution in [0.15, 0.2) is 24.3 Å². The Kier molecular flexibility index (Phi) is 4.47. The maximum atomic E-state index is 5.88. The molecule has 3 rings (SSSR count). The van der Waals surface area contributed by atoms with Gasteiger partial charge in [0.15, 0.2) is 0 Å². The molecule has 2 heterocycles. The number of hydrogen-bond acceptors (Lipinski definition) is 4. The molecule has 1 aliphatic rings. The fraction of sp³-hybridized carbons (Fsp3) is 0.588. The van der Waals surface area contributed by atoms with Crippen molar-refractivity contribution in [1.29, 1.82) is 0 Å². The molecular formula is C17H26N4O. The zero-order chi connectivity index (χ0) is 15.6. The second kappa shape index (κ2) is 6.36. The van der Waals surface area contributed by atoms with Crippen LogP contribution in [-0.4, -0.2) is 42.1 Å². The first-order valence-corrected chi connectivity index (χ1v) is 8.07. The van der Waals surface area contributed by atoms with E-state index in [4.69, 9.17) is 9.84 Å². The van der Waals surface area contributed by atoms with Gasteiger partial charge in [-0.1, -0.05) is 18.2 Å². The van der Waals surface area contributed by atoms with E-state index in [0.29, 0.717) is 0 Å². The Hall–Kier alpha value is -1.43. The Labute approximate surface area is 132 Å². The van der Waals surface area contributed by atoms with Gasteiger partial charge in [-0.25, -0.2) is 0 Å². The summed E-state index contributed by atoms with van der Waals surface area (Å²) < 4.78 is 7.83. The molecule has 1 fully saturated rings. The van der Waals surface area contributed by atoms with Crippen molar-refractivity contribution >= 4 is 10.9 Å². The molecule has 1 aliphatic heterocycles. The zero-order valence-corrected chi connectivity index (χ0v) is 13.7. The van der Waals surface area contributed by atoms with Crippen molar-refractivity contribution in [3.05, 3.63) is 30.0 Å². The van der Waals surface area contributed by atoms with E-state index in [1.165, 1.54) is 10.9 Å². The van der Waals surface area contributed by atoms with E-state index >= 15 is 0 Å². The number of benzene rings is 1. The van der Waals surface area contributed by atoms with Gasteiger partial charge >= 0.3 is 0 Å². The molecule has 0 saturated carbocycles. The highest BCUT2D eigenvalue weighted by Crippen LogP contribution is 2.27. The molecule has 5 nitrogen and oxygen atoms in total. The maximum absolute atomic E-state index is 5.88. The number of nitrogens with one attached hydrogen (secondary N) is 2. The van der Waals surface area contributed by atoms with Crippen LogP contribution < -0.4 is 10.6 Å². The number of rotatable bonds is 4. The molecule has 120 valence electrons. The summed E-state index contributed by atoms with van der Waals surface area (Å²) in [5.41, 5.74) is 2.07. The van der Waals surface area contributed by atoms with Crippen LogP contribution in [0.1, 0.15) is 26.0 Å². The van der Waals surface area contributed by atoms with Gasteiger partial charge in [0.05, 0.1) is 29.5 Å². The van der Waals surface area contributed by atoms with Crippen molar-refractivity contribution in [2.24, 2.45) is 7.05 Å². The molecule has 0 bridgehead atoms. The zero-order valence-electron chi connectivity index (χ0n) is 13.7. The van der Waals surface area contributed by atoms with E-state index < -0.39 is 0 Å². The predicted molar refractivity (Wildman–Crippen MR) is 89.0 cm³/mol. The Bertz CT molecular complexity index is 627. The average Bonchev–Trinajstić information content (AvgIpc) is 2.70. The van der Waals surface area contributed by atoms with Crippen molar-refractivity contribution in [3.63, 3.8) is 0 Å². The summed E-state index contributed by atoms with van der Waals surface area (Å²) >= 11 is 0. The quantitative estimate of drug-likeness (QED) is 0.904. The highest BCUT2D eigenvalue weighted by Gasteiger charge is 2.27. The summed E-state index contributed by atoms with van der Waals surface area (Å²) in [6, 6.07) is 8.39. The summed E-state index contributed by atoms with van der Waals surface area (Å²) in [7, 11) is 2.00. The lowest BCUT2D eigenvalue weighted by molar-refractivity contribution is 0.0589. The lowest BCUT2D eigenvalue weighted by Crippen LogP contribution is -2.42. The van der Waals surface area contributed by atoms with Crippen LogP contribution in [-0.2, 0) is 17.3 Å². The normalized spacial score (nSPS) is 20.2. The number of nitrogens with zero attached hydrogens (tertiary/aromatic N) is 2. The molecule has 1 unspecified atom stereocenters. The first kappa shape index (κ1) is 15.5. The number of aryl methyl sites for hydroxylation is 1. The minimum absolute atomic E-state index is 0.191. The van der Waals surface area contributed by atoms with Gasteiger partial charge in [-0.15, -0.1) is 0 Å². The van der Waals surface area contributed by atoms with Crippen molar-refractivity contribution in [2.75, 3.05) is 26.2 Å². The Morgan fingerprint density at radius 2 is 2.18 bits per heavy atom. The van der Waals surface area contributed by atoms with Gasteiger partial charge in [0.25, 0.3) is 0 Å². The molecule has 22 heavy (non-hydrogen) atoms. The van der Waals surface area contributed by atoms with Gasteiger partial charge in [0.2, 0.25) is 0 Å². The fourth-order valence-corrected chi connectivity index (χ4v) is 3.06. The molecule has 0 spiro atoms. The van der Waals surface area contributed by atoms with Crippen molar-refractivity contribution in [2.45, 2.75) is 31.9 Å². The lowest BCUT2D eigenvalue weighted by Gasteiger charge is -2.27. The first-order chi connectivity index (χ1) is 10.6. The molecule has 1 aromatic carbocycles. The van der Waals surface area contributed by atoms with Crippen LogP contribution in [0.5, 0.6) is 0 Å². The van der Waals surface area contributed by atoms with Crippen molar-refractivity contribution in [1.82, 2.24) is 20.4 Å². The Morgan fingerprint density at radius 3 is 3.05 bits per heavy atom. The molecular weight excluding hydrogens is 276 g/mol. The van der Waals surface area contributed by atoms with Crippen molar-refractivity contribution in [3.8, 4) is 0 Å². The highest BCUT2D eigenvalue weighted by atomic mass is 16.5. The third-order valence-corrected chi connectivity index (χ3v) is 4.40. The van der Waals surface area contributed by atoms with E-state index in [1.807, 2.05) is 11.7 Å².